The summed E-state index contributed by atoms with van der Waals surface area (Å²) >= 11 is 1.27. The molecule has 0 fully saturated rings. The van der Waals surface area contributed by atoms with Gasteiger partial charge in [-0.05, 0) is 50.1 Å². The van der Waals surface area contributed by atoms with Gasteiger partial charge < -0.3 is 15.2 Å². The highest BCUT2D eigenvalue weighted by Crippen LogP contribution is 2.21. The highest BCUT2D eigenvalue weighted by molar-refractivity contribution is 7.99. The first kappa shape index (κ1) is 23.5. The fourth-order valence-electron chi connectivity index (χ4n) is 3.16. The number of aryl methyl sites for hydroxylation is 1. The Morgan fingerprint density at radius 2 is 1.81 bits per heavy atom. The third kappa shape index (κ3) is 5.73. The molecule has 0 saturated carbocycles. The molecule has 0 spiro atoms. The van der Waals surface area contributed by atoms with Crippen molar-refractivity contribution in [1.82, 2.24) is 20.1 Å². The zero-order chi connectivity index (χ0) is 23.1. The van der Waals surface area contributed by atoms with Crippen LogP contribution >= 0.6 is 11.8 Å². The number of aromatic nitrogens is 3. The Morgan fingerprint density at radius 3 is 2.47 bits per heavy atom. The molecule has 3 aromatic rings. The van der Waals surface area contributed by atoms with E-state index >= 15 is 0 Å². The van der Waals surface area contributed by atoms with E-state index in [2.05, 4.69) is 27.8 Å². The van der Waals surface area contributed by atoms with Crippen molar-refractivity contribution in [3.05, 3.63) is 71.3 Å². The summed E-state index contributed by atoms with van der Waals surface area (Å²) in [7, 11) is 0. The molecule has 0 radical (unpaired) electrons. The van der Waals surface area contributed by atoms with Gasteiger partial charge in [0.2, 0.25) is 5.91 Å². The SMILES string of the molecule is CCc1ccc(NC(=O)CSc2nnc([C@@H](C)NC(=O)c3ccccc3F)n2CC)cc1. The molecule has 2 amide bonds. The minimum atomic E-state index is -0.583. The van der Waals surface area contributed by atoms with Crippen LogP contribution in [0.2, 0.25) is 0 Å². The molecule has 1 heterocycles. The highest BCUT2D eigenvalue weighted by atomic mass is 32.2. The van der Waals surface area contributed by atoms with Crippen molar-refractivity contribution in [3.8, 4) is 0 Å². The normalized spacial score (nSPS) is 11.8. The van der Waals surface area contributed by atoms with Crippen molar-refractivity contribution >= 4 is 29.3 Å². The summed E-state index contributed by atoms with van der Waals surface area (Å²) in [4.78, 5) is 24.8. The number of anilines is 1. The largest absolute Gasteiger partial charge is 0.342 e. The number of rotatable bonds is 9. The second kappa shape index (κ2) is 10.9. The van der Waals surface area contributed by atoms with Gasteiger partial charge in [-0.3, -0.25) is 9.59 Å². The smallest absolute Gasteiger partial charge is 0.254 e. The van der Waals surface area contributed by atoms with Gasteiger partial charge in [-0.25, -0.2) is 4.39 Å². The predicted molar refractivity (Wildman–Crippen MR) is 123 cm³/mol. The number of hydrogen-bond donors (Lipinski definition) is 2. The van der Waals surface area contributed by atoms with Crippen LogP contribution in [0.1, 0.15) is 48.6 Å². The average molecular weight is 456 g/mol. The minimum Gasteiger partial charge on any atom is -0.342 e. The van der Waals surface area contributed by atoms with Crippen molar-refractivity contribution < 1.29 is 14.0 Å². The van der Waals surface area contributed by atoms with Crippen molar-refractivity contribution in [1.29, 1.82) is 0 Å². The molecule has 32 heavy (non-hydrogen) atoms. The first-order valence-corrected chi connectivity index (χ1v) is 11.4. The van der Waals surface area contributed by atoms with E-state index in [1.807, 2.05) is 35.8 Å². The zero-order valence-electron chi connectivity index (χ0n) is 18.3. The second-order valence-corrected chi connectivity index (χ2v) is 8.09. The predicted octanol–water partition coefficient (Wildman–Crippen LogP) is 4.22. The van der Waals surface area contributed by atoms with Crippen LogP contribution in [0.25, 0.3) is 0 Å². The lowest BCUT2D eigenvalue weighted by Crippen LogP contribution is -2.29. The molecule has 0 aliphatic rings. The molecule has 1 aromatic heterocycles. The summed E-state index contributed by atoms with van der Waals surface area (Å²) in [6.07, 6.45) is 0.943. The summed E-state index contributed by atoms with van der Waals surface area (Å²) in [6.45, 7) is 6.33. The van der Waals surface area contributed by atoms with E-state index in [4.69, 9.17) is 0 Å². The number of nitrogens with zero attached hydrogens (tertiary/aromatic N) is 3. The van der Waals surface area contributed by atoms with E-state index in [0.717, 1.165) is 12.1 Å². The third-order valence-corrected chi connectivity index (χ3v) is 5.86. The van der Waals surface area contributed by atoms with Crippen LogP contribution in [-0.4, -0.2) is 32.3 Å². The molecule has 2 N–H and O–H groups in total. The van der Waals surface area contributed by atoms with Gasteiger partial charge in [0.25, 0.3) is 5.91 Å². The molecule has 1 atom stereocenters. The molecule has 0 saturated heterocycles. The quantitative estimate of drug-likeness (QED) is 0.472. The maximum atomic E-state index is 13.9. The van der Waals surface area contributed by atoms with Gasteiger partial charge in [-0.15, -0.1) is 10.2 Å². The Hall–Kier alpha value is -3.20. The lowest BCUT2D eigenvalue weighted by atomic mass is 10.1. The zero-order valence-corrected chi connectivity index (χ0v) is 19.1. The molecular formula is C23H26FN5O2S. The number of carbonyl (C=O) groups is 2. The molecule has 3 rings (SSSR count). The number of benzene rings is 2. The van der Waals surface area contributed by atoms with Crippen molar-refractivity contribution in [3.63, 3.8) is 0 Å². The lowest BCUT2D eigenvalue weighted by molar-refractivity contribution is -0.113. The maximum absolute atomic E-state index is 13.9. The number of nitrogens with one attached hydrogen (secondary N) is 2. The first-order valence-electron chi connectivity index (χ1n) is 10.4. The van der Waals surface area contributed by atoms with Crippen molar-refractivity contribution in [2.75, 3.05) is 11.1 Å². The molecule has 0 unspecified atom stereocenters. The Balaban J connectivity index is 1.61. The van der Waals surface area contributed by atoms with Crippen molar-refractivity contribution in [2.24, 2.45) is 0 Å². The van der Waals surface area contributed by atoms with Crippen molar-refractivity contribution in [2.45, 2.75) is 44.9 Å². The number of hydrogen-bond acceptors (Lipinski definition) is 5. The number of carbonyl (C=O) groups excluding carboxylic acids is 2. The summed E-state index contributed by atoms with van der Waals surface area (Å²) in [5.41, 5.74) is 1.92. The molecule has 0 aliphatic carbocycles. The number of amides is 2. The maximum Gasteiger partial charge on any atom is 0.254 e. The minimum absolute atomic E-state index is 0.0276. The van der Waals surface area contributed by atoms with Gasteiger partial charge in [-0.2, -0.15) is 0 Å². The summed E-state index contributed by atoms with van der Waals surface area (Å²) in [6, 6.07) is 13.1. The number of halogens is 1. The van der Waals surface area contributed by atoms with Crippen LogP contribution in [0.15, 0.2) is 53.7 Å². The van der Waals surface area contributed by atoms with E-state index in [0.29, 0.717) is 17.5 Å². The van der Waals surface area contributed by atoms with Crippen LogP contribution in [0.5, 0.6) is 0 Å². The first-order chi connectivity index (χ1) is 15.4. The van der Waals surface area contributed by atoms with Crippen LogP contribution in [0.3, 0.4) is 0 Å². The lowest BCUT2D eigenvalue weighted by Gasteiger charge is -2.15. The third-order valence-electron chi connectivity index (χ3n) is 4.89. The number of thioether (sulfide) groups is 1. The molecule has 2 aromatic carbocycles. The van der Waals surface area contributed by atoms with Gasteiger partial charge in [0.15, 0.2) is 11.0 Å². The van der Waals surface area contributed by atoms with Crippen LogP contribution in [0.4, 0.5) is 10.1 Å². The second-order valence-electron chi connectivity index (χ2n) is 7.15. The van der Waals surface area contributed by atoms with E-state index in [-0.39, 0.29) is 17.2 Å². The van der Waals surface area contributed by atoms with E-state index in [1.54, 1.807) is 13.0 Å². The van der Waals surface area contributed by atoms with Gasteiger partial charge in [0.1, 0.15) is 5.82 Å². The Labute approximate surface area is 190 Å². The van der Waals surface area contributed by atoms with Gasteiger partial charge in [0.05, 0.1) is 17.4 Å². The Kier molecular flexibility index (Phi) is 7.99. The van der Waals surface area contributed by atoms with Gasteiger partial charge in [-0.1, -0.05) is 43.0 Å². The van der Waals surface area contributed by atoms with Crippen LogP contribution in [-0.2, 0) is 17.8 Å². The van der Waals surface area contributed by atoms with E-state index in [1.165, 1.54) is 35.5 Å². The van der Waals surface area contributed by atoms with Gasteiger partial charge >= 0.3 is 0 Å². The summed E-state index contributed by atoms with van der Waals surface area (Å²) in [5.74, 6) is -0.545. The molecule has 0 aliphatic heterocycles. The highest BCUT2D eigenvalue weighted by Gasteiger charge is 2.21. The Morgan fingerprint density at radius 1 is 1.09 bits per heavy atom. The molecule has 168 valence electrons. The van der Waals surface area contributed by atoms with E-state index in [9.17, 15) is 14.0 Å². The van der Waals surface area contributed by atoms with Crippen LogP contribution in [0, 0.1) is 5.82 Å². The summed E-state index contributed by atoms with van der Waals surface area (Å²) < 4.78 is 15.7. The molecule has 0 bridgehead atoms. The topological polar surface area (TPSA) is 88.9 Å². The molecular weight excluding hydrogens is 429 g/mol. The standard InChI is InChI=1S/C23H26FN5O2S/c1-4-16-10-12-17(13-11-16)26-20(30)14-32-23-28-27-21(29(23)5-2)15(3)25-22(31)18-8-6-7-9-19(18)24/h6-13,15H,4-5,14H2,1-3H3,(H,25,31)(H,26,30)/t15-/m1/s1. The van der Waals surface area contributed by atoms with E-state index < -0.39 is 17.8 Å². The van der Waals surface area contributed by atoms with Gasteiger partial charge in [0, 0.05) is 12.2 Å². The molecule has 7 nitrogen and oxygen atoms in total. The average Bonchev–Trinajstić information content (AvgIpc) is 3.21. The summed E-state index contributed by atoms with van der Waals surface area (Å²) in [5, 5.41) is 14.6. The van der Waals surface area contributed by atoms with Crippen LogP contribution < -0.4 is 10.6 Å². The Bertz CT molecular complexity index is 1080. The molecule has 9 heteroatoms. The fraction of sp³-hybridized carbons (Fsp3) is 0.304. The monoisotopic (exact) mass is 455 g/mol. The fourth-order valence-corrected chi connectivity index (χ4v) is 3.97.